The van der Waals surface area contributed by atoms with E-state index in [4.69, 9.17) is 22.0 Å². The highest BCUT2D eigenvalue weighted by molar-refractivity contribution is 7.10. The molecule has 1 aromatic heterocycles. The number of carbonyl (C=O) groups excluding carboxylic acids is 1. The number of aliphatic hydroxyl groups is 1. The Morgan fingerprint density at radius 2 is 2.24 bits per heavy atom. The van der Waals surface area contributed by atoms with E-state index in [-0.39, 0.29) is 12.5 Å². The van der Waals surface area contributed by atoms with Gasteiger partial charge in [0.05, 0.1) is 32.8 Å². The quantitative estimate of drug-likeness (QED) is 0.837. The van der Waals surface area contributed by atoms with Gasteiger partial charge in [-0.3, -0.25) is 4.79 Å². The molecule has 0 saturated heterocycles. The van der Waals surface area contributed by atoms with Crippen molar-refractivity contribution in [3.05, 3.63) is 50.7 Å². The van der Waals surface area contributed by atoms with Crippen LogP contribution in [0.15, 0.2) is 29.6 Å². The number of thiophene rings is 1. The molecule has 4 nitrogen and oxygen atoms in total. The molecule has 0 aliphatic carbocycles. The van der Waals surface area contributed by atoms with Crippen LogP contribution in [0.25, 0.3) is 0 Å². The lowest BCUT2D eigenvalue weighted by molar-refractivity contribution is 0.102. The molecule has 0 fully saturated rings. The van der Waals surface area contributed by atoms with Crippen LogP contribution >= 0.6 is 22.9 Å². The molecule has 0 aliphatic rings. The van der Waals surface area contributed by atoms with Gasteiger partial charge in [-0.25, -0.2) is 0 Å². The molecule has 1 heterocycles. The Kier molecular flexibility index (Phi) is 4.97. The molecular formula is C15H9ClN2O2S. The van der Waals surface area contributed by atoms with Crippen LogP contribution in [0.5, 0.6) is 0 Å². The Labute approximate surface area is 130 Å². The summed E-state index contributed by atoms with van der Waals surface area (Å²) in [5.41, 5.74) is 1.24. The largest absolute Gasteiger partial charge is 0.384 e. The summed E-state index contributed by atoms with van der Waals surface area (Å²) >= 11 is 7.30. The van der Waals surface area contributed by atoms with Gasteiger partial charge in [0.2, 0.25) is 0 Å². The number of rotatable bonds is 2. The zero-order chi connectivity index (χ0) is 15.2. The predicted octanol–water partition coefficient (Wildman–Crippen LogP) is 2.87. The van der Waals surface area contributed by atoms with Crippen LogP contribution in [0.4, 0.5) is 5.69 Å². The van der Waals surface area contributed by atoms with E-state index in [2.05, 4.69) is 17.2 Å². The molecule has 2 N–H and O–H groups in total. The second-order valence-electron chi connectivity index (χ2n) is 3.92. The second kappa shape index (κ2) is 6.92. The van der Waals surface area contributed by atoms with Gasteiger partial charge in [0.25, 0.3) is 5.91 Å². The number of amides is 1. The zero-order valence-electron chi connectivity index (χ0n) is 10.7. The van der Waals surface area contributed by atoms with Crippen molar-refractivity contribution in [3.8, 4) is 17.9 Å². The summed E-state index contributed by atoms with van der Waals surface area (Å²) in [6.07, 6.45) is 0. The Balaban J connectivity index is 2.18. The maximum Gasteiger partial charge on any atom is 0.256 e. The van der Waals surface area contributed by atoms with Crippen molar-refractivity contribution in [2.24, 2.45) is 0 Å². The summed E-state index contributed by atoms with van der Waals surface area (Å²) < 4.78 is 0. The van der Waals surface area contributed by atoms with Crippen molar-refractivity contribution in [2.45, 2.75) is 0 Å². The highest BCUT2D eigenvalue weighted by Crippen LogP contribution is 2.24. The van der Waals surface area contributed by atoms with Crippen LogP contribution in [0.2, 0.25) is 5.02 Å². The van der Waals surface area contributed by atoms with Crippen molar-refractivity contribution in [1.82, 2.24) is 0 Å². The molecular weight excluding hydrogens is 308 g/mol. The van der Waals surface area contributed by atoms with Crippen molar-refractivity contribution in [1.29, 1.82) is 5.26 Å². The number of nitrogens with zero attached hydrogens (tertiary/aromatic N) is 1. The average molecular weight is 317 g/mol. The molecule has 0 aliphatic heterocycles. The van der Waals surface area contributed by atoms with Gasteiger partial charge < -0.3 is 10.4 Å². The molecule has 2 aromatic rings. The van der Waals surface area contributed by atoms with E-state index in [1.165, 1.54) is 17.4 Å². The number of carbonyl (C=O) groups is 1. The van der Waals surface area contributed by atoms with Crippen LogP contribution in [0.1, 0.15) is 20.8 Å². The molecule has 2 rings (SSSR count). The summed E-state index contributed by atoms with van der Waals surface area (Å²) in [7, 11) is 0. The number of benzene rings is 1. The summed E-state index contributed by atoms with van der Waals surface area (Å²) in [4.78, 5) is 12.8. The fraction of sp³-hybridized carbons (Fsp3) is 0.0667. The molecule has 1 amide bonds. The van der Waals surface area contributed by atoms with Crippen LogP contribution in [-0.2, 0) is 0 Å². The zero-order valence-corrected chi connectivity index (χ0v) is 12.3. The fourth-order valence-corrected chi connectivity index (χ4v) is 2.45. The molecule has 0 spiro atoms. The predicted molar refractivity (Wildman–Crippen MR) is 82.4 cm³/mol. The van der Waals surface area contributed by atoms with E-state index in [9.17, 15) is 4.79 Å². The number of nitriles is 1. The topological polar surface area (TPSA) is 73.1 Å². The third-order valence-electron chi connectivity index (χ3n) is 2.50. The van der Waals surface area contributed by atoms with Gasteiger partial charge in [-0.05, 0) is 24.3 Å². The second-order valence-corrected chi connectivity index (χ2v) is 5.24. The van der Waals surface area contributed by atoms with Crippen molar-refractivity contribution in [2.75, 3.05) is 11.9 Å². The van der Waals surface area contributed by atoms with Crippen molar-refractivity contribution >= 4 is 34.5 Å². The van der Waals surface area contributed by atoms with Gasteiger partial charge in [-0.15, -0.1) is 11.3 Å². The third-order valence-corrected chi connectivity index (χ3v) is 3.67. The summed E-state index contributed by atoms with van der Waals surface area (Å²) in [5.74, 6) is 4.92. The van der Waals surface area contributed by atoms with Crippen LogP contribution < -0.4 is 5.32 Å². The number of hydrogen-bond acceptors (Lipinski definition) is 4. The maximum absolute atomic E-state index is 12.1. The number of nitrogens with one attached hydrogen (secondary N) is 1. The monoisotopic (exact) mass is 316 g/mol. The van der Waals surface area contributed by atoms with Crippen molar-refractivity contribution < 1.29 is 9.90 Å². The van der Waals surface area contributed by atoms with Gasteiger partial charge in [-0.2, -0.15) is 5.26 Å². The number of anilines is 1. The summed E-state index contributed by atoms with van der Waals surface area (Å²) in [6.45, 7) is -0.226. The van der Waals surface area contributed by atoms with E-state index in [1.54, 1.807) is 23.6 Å². The van der Waals surface area contributed by atoms with Gasteiger partial charge >= 0.3 is 0 Å². The molecule has 6 heteroatoms. The van der Waals surface area contributed by atoms with E-state index >= 15 is 0 Å². The number of halogens is 1. The minimum atomic E-state index is -0.333. The lowest BCUT2D eigenvalue weighted by Gasteiger charge is -2.06. The SMILES string of the molecule is N#Cc1ccc(Cl)c(NC(=O)c2csc(C#CCO)c2)c1. The molecule has 21 heavy (non-hydrogen) atoms. The Morgan fingerprint density at radius 3 is 2.95 bits per heavy atom. The highest BCUT2D eigenvalue weighted by Gasteiger charge is 2.11. The average Bonchev–Trinajstić information content (AvgIpc) is 2.96. The Bertz CT molecular complexity index is 781. The van der Waals surface area contributed by atoms with E-state index in [0.717, 1.165) is 0 Å². The number of aliphatic hydroxyl groups excluding tert-OH is 1. The standard InChI is InChI=1S/C15H9ClN2O2S/c16-13-4-3-10(8-17)6-14(13)18-15(20)11-7-12(21-9-11)2-1-5-19/h3-4,6-7,9,19H,5H2,(H,18,20). The Hall–Kier alpha value is -2.31. The summed E-state index contributed by atoms with van der Waals surface area (Å²) in [6, 6.07) is 8.26. The molecule has 0 bridgehead atoms. The molecule has 0 radical (unpaired) electrons. The first-order valence-electron chi connectivity index (χ1n) is 5.83. The van der Waals surface area contributed by atoms with Gasteiger partial charge in [0.1, 0.15) is 6.61 Å². The third kappa shape index (κ3) is 3.84. The van der Waals surface area contributed by atoms with E-state index in [1.807, 2.05) is 6.07 Å². The van der Waals surface area contributed by atoms with E-state index in [0.29, 0.717) is 26.7 Å². The lowest BCUT2D eigenvalue weighted by atomic mass is 10.2. The molecule has 0 unspecified atom stereocenters. The number of hydrogen-bond donors (Lipinski definition) is 2. The molecule has 0 atom stereocenters. The maximum atomic E-state index is 12.1. The van der Waals surface area contributed by atoms with Crippen LogP contribution in [0.3, 0.4) is 0 Å². The molecule has 104 valence electrons. The van der Waals surface area contributed by atoms with Crippen LogP contribution in [-0.4, -0.2) is 17.6 Å². The summed E-state index contributed by atoms with van der Waals surface area (Å²) in [5, 5.41) is 22.2. The van der Waals surface area contributed by atoms with Gasteiger partial charge in [0, 0.05) is 5.38 Å². The molecule has 0 saturated carbocycles. The smallest absolute Gasteiger partial charge is 0.256 e. The van der Waals surface area contributed by atoms with Gasteiger partial charge in [-0.1, -0.05) is 23.4 Å². The lowest BCUT2D eigenvalue weighted by Crippen LogP contribution is -2.11. The minimum absolute atomic E-state index is 0.226. The highest BCUT2D eigenvalue weighted by atomic mass is 35.5. The first kappa shape index (κ1) is 15.1. The van der Waals surface area contributed by atoms with Crippen molar-refractivity contribution in [3.63, 3.8) is 0 Å². The van der Waals surface area contributed by atoms with Gasteiger partial charge in [0.15, 0.2) is 0 Å². The minimum Gasteiger partial charge on any atom is -0.384 e. The van der Waals surface area contributed by atoms with Crippen LogP contribution in [0, 0.1) is 23.2 Å². The first-order chi connectivity index (χ1) is 10.1. The normalized spacial score (nSPS) is 9.38. The fourth-order valence-electron chi connectivity index (χ4n) is 1.53. The first-order valence-corrected chi connectivity index (χ1v) is 7.09. The molecule has 1 aromatic carbocycles. The van der Waals surface area contributed by atoms with E-state index < -0.39 is 0 Å². The Morgan fingerprint density at radius 1 is 1.43 bits per heavy atom.